The number of rotatable bonds is 3. The Kier molecular flexibility index (Phi) is 5.19. The van der Waals surface area contributed by atoms with Crippen LogP contribution in [0.5, 0.6) is 5.75 Å². The number of carbonyl (C=O) groups is 1. The number of methoxy groups -OCH3 is 1. The minimum absolute atomic E-state index is 0.0485. The summed E-state index contributed by atoms with van der Waals surface area (Å²) in [5.74, 6) is 0.744. The summed E-state index contributed by atoms with van der Waals surface area (Å²) < 4.78 is 6.09. The molecule has 148 valence electrons. The number of nitrogens with zero attached hydrogens (tertiary/aromatic N) is 1. The van der Waals surface area contributed by atoms with Crippen LogP contribution in [0.4, 0.5) is 5.69 Å². The fourth-order valence-corrected chi connectivity index (χ4v) is 6.97. The maximum Gasteiger partial charge on any atom is 0.251 e. The summed E-state index contributed by atoms with van der Waals surface area (Å²) in [6.45, 7) is 6.23. The summed E-state index contributed by atoms with van der Waals surface area (Å²) in [6, 6.07) is 13.9. The van der Waals surface area contributed by atoms with Crippen LogP contribution in [-0.2, 0) is 10.3 Å². The third-order valence-corrected chi connectivity index (χ3v) is 8.49. The van der Waals surface area contributed by atoms with Gasteiger partial charge in [0.05, 0.1) is 23.2 Å². The molecule has 0 spiro atoms. The highest BCUT2D eigenvalue weighted by Crippen LogP contribution is 2.52. The van der Waals surface area contributed by atoms with Crippen molar-refractivity contribution in [3.63, 3.8) is 0 Å². The van der Waals surface area contributed by atoms with Crippen molar-refractivity contribution in [2.45, 2.75) is 26.3 Å². The highest BCUT2D eigenvalue weighted by molar-refractivity contribution is 7.80. The van der Waals surface area contributed by atoms with E-state index >= 15 is 0 Å². The Labute approximate surface area is 183 Å². The molecule has 1 amide bonds. The van der Waals surface area contributed by atoms with E-state index in [0.29, 0.717) is 0 Å². The molecule has 0 aliphatic carbocycles. The topological polar surface area (TPSA) is 29.5 Å². The van der Waals surface area contributed by atoms with E-state index in [2.05, 4.69) is 32.0 Å². The first-order valence-electron chi connectivity index (χ1n) is 9.24. The molecule has 0 saturated heterocycles. The van der Waals surface area contributed by atoms with Gasteiger partial charge in [-0.25, -0.2) is 0 Å². The lowest BCUT2D eigenvalue weighted by Crippen LogP contribution is -2.47. The fraction of sp³-hybridized carbons (Fsp3) is 0.217. The molecule has 0 N–H and O–H groups in total. The molecule has 0 atom stereocenters. The predicted molar refractivity (Wildman–Crippen MR) is 126 cm³/mol. The second-order valence-electron chi connectivity index (χ2n) is 7.52. The molecule has 1 aliphatic rings. The van der Waals surface area contributed by atoms with Gasteiger partial charge >= 0.3 is 0 Å². The van der Waals surface area contributed by atoms with Crippen LogP contribution in [0.2, 0.25) is 0 Å². The van der Waals surface area contributed by atoms with Gasteiger partial charge in [-0.2, -0.15) is 0 Å². The van der Waals surface area contributed by atoms with Crippen LogP contribution >= 0.6 is 32.9 Å². The molecule has 3 nitrogen and oxygen atoms in total. The molecule has 0 unspecified atom stereocenters. The first kappa shape index (κ1) is 20.0. The van der Waals surface area contributed by atoms with Gasteiger partial charge in [-0.1, -0.05) is 57.2 Å². The van der Waals surface area contributed by atoms with E-state index in [1.165, 1.54) is 0 Å². The summed E-state index contributed by atoms with van der Waals surface area (Å²) >= 11 is 5.62. The minimum atomic E-state index is -0.477. The summed E-state index contributed by atoms with van der Waals surface area (Å²) in [7, 11) is 4.92. The van der Waals surface area contributed by atoms with Crippen molar-refractivity contribution in [3.8, 4) is 16.9 Å². The van der Waals surface area contributed by atoms with Crippen molar-refractivity contribution >= 4 is 50.6 Å². The molecule has 0 bridgehead atoms. The average molecular weight is 440 g/mol. The molecule has 0 radical (unpaired) electrons. The van der Waals surface area contributed by atoms with E-state index in [9.17, 15) is 4.79 Å². The second-order valence-corrected chi connectivity index (χ2v) is 10.3. The highest BCUT2D eigenvalue weighted by Gasteiger charge is 2.42. The predicted octanol–water partition coefficient (Wildman–Crippen LogP) is 6.82. The van der Waals surface area contributed by atoms with Gasteiger partial charge < -0.3 is 4.74 Å². The van der Waals surface area contributed by atoms with Gasteiger partial charge in [0.1, 0.15) is 9.57 Å². The smallest absolute Gasteiger partial charge is 0.251 e. The fourth-order valence-electron chi connectivity index (χ4n) is 3.69. The molecular formula is C23H21NO2S3. The maximum atomic E-state index is 13.4. The summed E-state index contributed by atoms with van der Waals surface area (Å²) in [4.78, 5) is 16.4. The summed E-state index contributed by atoms with van der Waals surface area (Å²) in [5, 5.41) is 0. The number of carbonyl (C=O) groups excluding carboxylic acids is 1. The van der Waals surface area contributed by atoms with Crippen molar-refractivity contribution in [1.82, 2.24) is 0 Å². The lowest BCUT2D eigenvalue weighted by atomic mass is 9.87. The quantitative estimate of drug-likeness (QED) is 0.255. The Morgan fingerprint density at radius 1 is 1.14 bits per heavy atom. The monoisotopic (exact) mass is 439 g/mol. The van der Waals surface area contributed by atoms with Crippen molar-refractivity contribution in [2.24, 2.45) is 0 Å². The van der Waals surface area contributed by atoms with Gasteiger partial charge in [-0.05, 0) is 56.2 Å². The Hall–Kier alpha value is -2.28. The van der Waals surface area contributed by atoms with E-state index < -0.39 is 5.54 Å². The van der Waals surface area contributed by atoms with E-state index in [1.807, 2.05) is 42.2 Å². The maximum absolute atomic E-state index is 13.4. The highest BCUT2D eigenvalue weighted by atomic mass is 32.9. The van der Waals surface area contributed by atoms with Gasteiger partial charge in [-0.3, -0.25) is 9.69 Å². The number of ether oxygens (including phenoxy) is 1. The lowest BCUT2D eigenvalue weighted by molar-refractivity contribution is -0.115. The van der Waals surface area contributed by atoms with Crippen LogP contribution in [0.3, 0.4) is 0 Å². The number of benzene rings is 2. The van der Waals surface area contributed by atoms with Gasteiger partial charge in [-0.15, -0.1) is 0 Å². The Bertz CT molecular complexity index is 1170. The van der Waals surface area contributed by atoms with Crippen molar-refractivity contribution < 1.29 is 9.53 Å². The molecule has 0 saturated carbocycles. The zero-order valence-corrected chi connectivity index (χ0v) is 19.1. The van der Waals surface area contributed by atoms with Crippen LogP contribution in [0.25, 0.3) is 17.2 Å². The van der Waals surface area contributed by atoms with Crippen molar-refractivity contribution in [1.29, 1.82) is 0 Å². The molecule has 1 aromatic heterocycles. The number of hydrogen-bond donors (Lipinski definition) is 0. The Morgan fingerprint density at radius 2 is 1.86 bits per heavy atom. The van der Waals surface area contributed by atoms with Gasteiger partial charge in [0.25, 0.3) is 5.91 Å². The van der Waals surface area contributed by atoms with Crippen LogP contribution < -0.4 is 9.64 Å². The number of fused-ring (bicyclic) bond motifs is 3. The molecule has 2 aromatic carbocycles. The first-order valence-corrected chi connectivity index (χ1v) is 11.8. The lowest BCUT2D eigenvalue weighted by Gasteiger charge is -2.42. The summed E-state index contributed by atoms with van der Waals surface area (Å²) in [5.41, 5.74) is 4.66. The third kappa shape index (κ3) is 3.45. The Balaban J connectivity index is 1.78. The normalized spacial score (nSPS) is 14.6. The molecule has 0 fully saturated rings. The summed E-state index contributed by atoms with van der Waals surface area (Å²) in [6.07, 6.45) is 3.49. The number of aryl methyl sites for hydroxylation is 1. The van der Waals surface area contributed by atoms with E-state index in [4.69, 9.17) is 17.0 Å². The SMILES string of the molecule is COc1ccc(/C=C/C(=O)N2c3cc(C)ccc3-c3c(ssc3=S)C2(C)C)cc1. The van der Waals surface area contributed by atoms with Crippen LogP contribution in [0.15, 0.2) is 48.5 Å². The number of amides is 1. The second kappa shape index (κ2) is 7.52. The van der Waals surface area contributed by atoms with E-state index in [0.717, 1.165) is 42.4 Å². The molecule has 6 heteroatoms. The van der Waals surface area contributed by atoms with E-state index in [-0.39, 0.29) is 5.91 Å². The molecular weight excluding hydrogens is 418 g/mol. The van der Waals surface area contributed by atoms with Crippen LogP contribution in [-0.4, -0.2) is 13.0 Å². The van der Waals surface area contributed by atoms with Gasteiger partial charge in [0, 0.05) is 17.2 Å². The van der Waals surface area contributed by atoms with E-state index in [1.54, 1.807) is 33.9 Å². The average Bonchev–Trinajstić information content (AvgIpc) is 3.09. The molecule has 1 aliphatic heterocycles. The molecule has 4 rings (SSSR count). The zero-order chi connectivity index (χ0) is 20.8. The largest absolute Gasteiger partial charge is 0.497 e. The third-order valence-electron chi connectivity index (χ3n) is 5.16. The molecule has 2 heterocycles. The number of anilines is 1. The number of hydrogen-bond acceptors (Lipinski definition) is 5. The van der Waals surface area contributed by atoms with Crippen molar-refractivity contribution in [3.05, 3.63) is 68.4 Å². The minimum Gasteiger partial charge on any atom is -0.497 e. The molecule has 29 heavy (non-hydrogen) atoms. The van der Waals surface area contributed by atoms with Crippen LogP contribution in [0.1, 0.15) is 29.9 Å². The Morgan fingerprint density at radius 3 is 2.55 bits per heavy atom. The van der Waals surface area contributed by atoms with Gasteiger partial charge in [0.2, 0.25) is 0 Å². The van der Waals surface area contributed by atoms with Crippen LogP contribution in [0, 0.1) is 10.7 Å². The zero-order valence-electron chi connectivity index (χ0n) is 16.7. The van der Waals surface area contributed by atoms with Gasteiger partial charge in [0.15, 0.2) is 0 Å². The first-order chi connectivity index (χ1) is 13.8. The standard InChI is InChI=1S/C23H21NO2S3/c1-14-5-11-17-18(13-14)24(23(2,3)21-20(17)22(27)29-28-21)19(25)12-8-15-6-9-16(26-4)10-7-15/h5-13H,1-4H3/b12-8+. The molecule has 3 aromatic rings. The van der Waals surface area contributed by atoms with Crippen molar-refractivity contribution in [2.75, 3.05) is 12.0 Å².